The van der Waals surface area contributed by atoms with Gasteiger partial charge in [-0.2, -0.15) is 0 Å². The molecule has 0 bridgehead atoms. The molecule has 3 heterocycles. The van der Waals surface area contributed by atoms with Crippen molar-refractivity contribution < 1.29 is 8.95 Å². The van der Waals surface area contributed by atoms with Gasteiger partial charge in [0, 0.05) is 19.0 Å². The molecule has 2 aliphatic heterocycles. The summed E-state index contributed by atoms with van der Waals surface area (Å²) in [6.45, 7) is 1.64. The Morgan fingerprint density at radius 2 is 2.14 bits per heavy atom. The van der Waals surface area contributed by atoms with E-state index in [1.807, 2.05) is 0 Å². The zero-order valence-electron chi connectivity index (χ0n) is 11.0. The lowest BCUT2D eigenvalue weighted by atomic mass is 9.93. The van der Waals surface area contributed by atoms with Crippen LogP contribution in [0.15, 0.2) is 15.3 Å². The molecule has 0 aliphatic carbocycles. The molecule has 0 saturated carbocycles. The smallest absolute Gasteiger partial charge is 0.169 e. The maximum absolute atomic E-state index is 12.2. The fourth-order valence-corrected chi connectivity index (χ4v) is 6.20. The number of thiophene rings is 1. The maximum Gasteiger partial charge on any atom is 0.169 e. The number of nitrogens with zero attached hydrogens (tertiary/aromatic N) is 1. The second kappa shape index (κ2) is 7.19. The van der Waals surface area contributed by atoms with Gasteiger partial charge >= 0.3 is 0 Å². The van der Waals surface area contributed by atoms with Gasteiger partial charge in [-0.05, 0) is 24.8 Å². The third-order valence-corrected chi connectivity index (χ3v) is 7.81. The SMILES string of the molecule is O=S(NC1=NC(C2CCOCC2)CS1)c1cc(Cl)c(Cl)s1. The normalized spacial score (nSPS) is 24.9. The third-order valence-electron chi connectivity index (χ3n) is 3.47. The maximum atomic E-state index is 12.2. The highest BCUT2D eigenvalue weighted by Crippen LogP contribution is 2.34. The number of amidine groups is 1. The molecule has 116 valence electrons. The summed E-state index contributed by atoms with van der Waals surface area (Å²) in [7, 11) is -1.36. The second-order valence-corrected chi connectivity index (χ2v) is 9.33. The Bertz CT molecular complexity index is 553. The predicted molar refractivity (Wildman–Crippen MR) is 91.1 cm³/mol. The first-order valence-electron chi connectivity index (χ1n) is 6.55. The van der Waals surface area contributed by atoms with E-state index in [1.54, 1.807) is 17.8 Å². The van der Waals surface area contributed by atoms with Gasteiger partial charge in [0.15, 0.2) is 16.2 Å². The van der Waals surface area contributed by atoms with Crippen molar-refractivity contribution in [2.24, 2.45) is 10.9 Å². The predicted octanol–water partition coefficient (Wildman–Crippen LogP) is 3.57. The van der Waals surface area contributed by atoms with Crippen LogP contribution in [0.2, 0.25) is 9.36 Å². The van der Waals surface area contributed by atoms with Gasteiger partial charge in [-0.15, -0.1) is 11.3 Å². The molecule has 1 aromatic rings. The molecule has 9 heteroatoms. The summed E-state index contributed by atoms with van der Waals surface area (Å²) < 4.78 is 21.6. The van der Waals surface area contributed by atoms with Gasteiger partial charge in [-0.3, -0.25) is 9.71 Å². The van der Waals surface area contributed by atoms with Crippen LogP contribution in [0.25, 0.3) is 0 Å². The van der Waals surface area contributed by atoms with Gasteiger partial charge in [-0.25, -0.2) is 4.21 Å². The van der Waals surface area contributed by atoms with Crippen LogP contribution in [0.5, 0.6) is 0 Å². The van der Waals surface area contributed by atoms with Crippen molar-refractivity contribution in [1.29, 1.82) is 0 Å². The van der Waals surface area contributed by atoms with Gasteiger partial charge in [-0.1, -0.05) is 35.0 Å². The van der Waals surface area contributed by atoms with Crippen molar-refractivity contribution in [3.05, 3.63) is 15.4 Å². The van der Waals surface area contributed by atoms with E-state index >= 15 is 0 Å². The summed E-state index contributed by atoms with van der Waals surface area (Å²) in [6, 6.07) is 1.93. The van der Waals surface area contributed by atoms with Crippen LogP contribution in [0.3, 0.4) is 0 Å². The first-order chi connectivity index (χ1) is 10.1. The molecule has 2 atom stereocenters. The Morgan fingerprint density at radius 1 is 1.38 bits per heavy atom. The summed E-state index contributed by atoms with van der Waals surface area (Å²) in [5.41, 5.74) is 0. The molecule has 1 aromatic heterocycles. The highest BCUT2D eigenvalue weighted by Gasteiger charge is 2.29. The van der Waals surface area contributed by atoms with Crippen LogP contribution in [0.4, 0.5) is 0 Å². The summed E-state index contributed by atoms with van der Waals surface area (Å²) in [4.78, 5) is 4.66. The lowest BCUT2D eigenvalue weighted by molar-refractivity contribution is 0.0612. The average molecular weight is 385 g/mol. The number of aliphatic imine (C=N–C) groups is 1. The van der Waals surface area contributed by atoms with E-state index in [4.69, 9.17) is 27.9 Å². The first-order valence-corrected chi connectivity index (χ1v) is 10.3. The molecule has 2 aliphatic rings. The fourth-order valence-electron chi connectivity index (χ4n) is 2.34. The van der Waals surface area contributed by atoms with Crippen molar-refractivity contribution >= 4 is 62.5 Å². The van der Waals surface area contributed by atoms with Crippen molar-refractivity contribution in [3.63, 3.8) is 0 Å². The van der Waals surface area contributed by atoms with Gasteiger partial charge in [0.1, 0.15) is 8.55 Å². The highest BCUT2D eigenvalue weighted by atomic mass is 35.5. The minimum Gasteiger partial charge on any atom is -0.381 e. The summed E-state index contributed by atoms with van der Waals surface area (Å²) >= 11 is 14.6. The molecule has 1 saturated heterocycles. The Hall–Kier alpha value is 0.210. The molecule has 2 unspecified atom stereocenters. The van der Waals surface area contributed by atoms with E-state index in [0.29, 0.717) is 25.5 Å². The standard InChI is InChI=1S/C12H14Cl2N2O2S3/c13-8-5-10(20-11(8)14)21(17)16-12-15-9(6-19-12)7-1-3-18-4-2-7/h5,7,9H,1-4,6H2,(H,15,16). The number of nitrogens with one attached hydrogen (secondary N) is 1. The van der Waals surface area contributed by atoms with Crippen molar-refractivity contribution in [2.45, 2.75) is 23.1 Å². The van der Waals surface area contributed by atoms with Crippen LogP contribution in [0.1, 0.15) is 12.8 Å². The number of rotatable bonds is 3. The Kier molecular flexibility index (Phi) is 5.50. The van der Waals surface area contributed by atoms with E-state index in [0.717, 1.165) is 37.0 Å². The molecule has 0 spiro atoms. The van der Waals surface area contributed by atoms with E-state index in [1.165, 1.54) is 11.3 Å². The van der Waals surface area contributed by atoms with Crippen molar-refractivity contribution in [1.82, 2.24) is 4.72 Å². The molecule has 1 N–H and O–H groups in total. The lowest BCUT2D eigenvalue weighted by Crippen LogP contribution is -2.26. The van der Waals surface area contributed by atoms with E-state index < -0.39 is 11.0 Å². The molecule has 4 nitrogen and oxygen atoms in total. The minimum absolute atomic E-state index is 0.300. The fraction of sp³-hybridized carbons (Fsp3) is 0.583. The third kappa shape index (κ3) is 3.95. The van der Waals surface area contributed by atoms with Crippen LogP contribution in [0, 0.1) is 5.92 Å². The van der Waals surface area contributed by atoms with Gasteiger partial charge in [0.25, 0.3) is 0 Å². The molecule has 0 aromatic carbocycles. The molecule has 0 radical (unpaired) electrons. The van der Waals surface area contributed by atoms with Crippen LogP contribution >= 0.6 is 46.3 Å². The topological polar surface area (TPSA) is 50.7 Å². The van der Waals surface area contributed by atoms with E-state index in [-0.39, 0.29) is 0 Å². The van der Waals surface area contributed by atoms with E-state index in [2.05, 4.69) is 9.71 Å². The number of ether oxygens (including phenoxy) is 1. The highest BCUT2D eigenvalue weighted by molar-refractivity contribution is 8.15. The van der Waals surface area contributed by atoms with Crippen LogP contribution < -0.4 is 4.72 Å². The van der Waals surface area contributed by atoms with Gasteiger partial charge in [0.2, 0.25) is 0 Å². The second-order valence-electron chi connectivity index (χ2n) is 4.82. The molecule has 0 amide bonds. The Balaban J connectivity index is 1.61. The number of hydrogen-bond donors (Lipinski definition) is 1. The number of halogens is 2. The lowest BCUT2D eigenvalue weighted by Gasteiger charge is -2.24. The molecule has 1 fully saturated rings. The summed E-state index contributed by atoms with van der Waals surface area (Å²) in [5, 5.41) is 1.18. The van der Waals surface area contributed by atoms with Gasteiger partial charge < -0.3 is 4.74 Å². The van der Waals surface area contributed by atoms with Crippen LogP contribution in [-0.4, -0.2) is 34.4 Å². The number of hydrogen-bond acceptors (Lipinski definition) is 5. The van der Waals surface area contributed by atoms with Crippen LogP contribution in [-0.2, 0) is 15.7 Å². The molecular formula is C12H14Cl2N2O2S3. The Labute approximate surface area is 144 Å². The quantitative estimate of drug-likeness (QED) is 0.866. The molecular weight excluding hydrogens is 371 g/mol. The largest absolute Gasteiger partial charge is 0.381 e. The molecule has 21 heavy (non-hydrogen) atoms. The summed E-state index contributed by atoms with van der Waals surface area (Å²) in [5.74, 6) is 1.51. The number of thioether (sulfide) groups is 1. The van der Waals surface area contributed by atoms with E-state index in [9.17, 15) is 4.21 Å². The zero-order valence-corrected chi connectivity index (χ0v) is 15.0. The van der Waals surface area contributed by atoms with Crippen molar-refractivity contribution in [2.75, 3.05) is 19.0 Å². The van der Waals surface area contributed by atoms with Crippen molar-refractivity contribution in [3.8, 4) is 0 Å². The summed E-state index contributed by atoms with van der Waals surface area (Å²) in [6.07, 6.45) is 2.11. The Morgan fingerprint density at radius 3 is 2.81 bits per heavy atom. The first kappa shape index (κ1) is 16.1. The van der Waals surface area contributed by atoms with Gasteiger partial charge in [0.05, 0.1) is 11.1 Å². The average Bonchev–Trinajstić information content (AvgIpc) is 3.08. The monoisotopic (exact) mass is 384 g/mol. The zero-order chi connectivity index (χ0) is 14.8. The minimum atomic E-state index is -1.36. The molecule has 3 rings (SSSR count).